The van der Waals surface area contributed by atoms with Crippen molar-refractivity contribution in [3.05, 3.63) is 12.7 Å². The maximum atomic E-state index is 6.31. The first-order valence-electron chi connectivity index (χ1n) is 6.26. The molecule has 16 heavy (non-hydrogen) atoms. The van der Waals surface area contributed by atoms with Crippen LogP contribution in [0.4, 0.5) is 0 Å². The lowest BCUT2D eigenvalue weighted by Gasteiger charge is -2.62. The third-order valence-electron chi connectivity index (χ3n) is 4.85. The van der Waals surface area contributed by atoms with Gasteiger partial charge in [-0.3, -0.25) is 0 Å². The predicted molar refractivity (Wildman–Crippen MR) is 65.5 cm³/mol. The van der Waals surface area contributed by atoms with Crippen LogP contribution >= 0.6 is 0 Å². The van der Waals surface area contributed by atoms with E-state index in [4.69, 9.17) is 9.47 Å². The molecule has 0 aromatic rings. The second-order valence-electron chi connectivity index (χ2n) is 6.30. The zero-order valence-corrected chi connectivity index (χ0v) is 11.0. The van der Waals surface area contributed by atoms with Gasteiger partial charge in [0.25, 0.3) is 0 Å². The van der Waals surface area contributed by atoms with Crippen LogP contribution in [0.1, 0.15) is 47.0 Å². The van der Waals surface area contributed by atoms with Gasteiger partial charge in [0.15, 0.2) is 0 Å². The average molecular weight is 224 g/mol. The zero-order valence-electron chi connectivity index (χ0n) is 11.0. The normalized spacial score (nSPS) is 45.6. The molecule has 3 atom stereocenters. The number of ether oxygens (including phenoxy) is 2. The maximum Gasteiger partial charge on any atom is 0.0923 e. The lowest BCUT2D eigenvalue weighted by molar-refractivity contribution is -0.311. The summed E-state index contributed by atoms with van der Waals surface area (Å²) >= 11 is 0. The van der Waals surface area contributed by atoms with Gasteiger partial charge < -0.3 is 9.47 Å². The molecule has 2 nitrogen and oxygen atoms in total. The first-order chi connectivity index (χ1) is 7.33. The molecule has 0 radical (unpaired) electrons. The minimum atomic E-state index is -0.107. The summed E-state index contributed by atoms with van der Waals surface area (Å²) in [6.07, 6.45) is 5.49. The lowest BCUT2D eigenvalue weighted by atomic mass is 9.58. The molecule has 0 aromatic carbocycles. The third-order valence-corrected chi connectivity index (χ3v) is 4.85. The van der Waals surface area contributed by atoms with Gasteiger partial charge in [-0.1, -0.05) is 13.0 Å². The summed E-state index contributed by atoms with van der Waals surface area (Å²) in [4.78, 5) is 0. The van der Waals surface area contributed by atoms with Crippen LogP contribution in [-0.2, 0) is 9.47 Å². The molecule has 1 aliphatic carbocycles. The fraction of sp³-hybridized carbons (Fsp3) is 0.857. The Kier molecular flexibility index (Phi) is 2.71. The van der Waals surface area contributed by atoms with E-state index in [9.17, 15) is 0 Å². The van der Waals surface area contributed by atoms with Gasteiger partial charge in [0.1, 0.15) is 0 Å². The largest absolute Gasteiger partial charge is 0.371 e. The summed E-state index contributed by atoms with van der Waals surface area (Å²) in [5.41, 5.74) is 0.106. The van der Waals surface area contributed by atoms with Gasteiger partial charge in [-0.2, -0.15) is 0 Å². The number of rotatable bonds is 3. The molecule has 0 spiro atoms. The van der Waals surface area contributed by atoms with Crippen molar-refractivity contribution in [3.63, 3.8) is 0 Å². The van der Waals surface area contributed by atoms with Crippen molar-refractivity contribution < 1.29 is 9.47 Å². The van der Waals surface area contributed by atoms with Crippen LogP contribution in [0.5, 0.6) is 0 Å². The number of hydrogen-bond acceptors (Lipinski definition) is 2. The molecule has 2 saturated heterocycles. The van der Waals surface area contributed by atoms with Crippen molar-refractivity contribution in [3.8, 4) is 0 Å². The molecular formula is C14H24O2. The summed E-state index contributed by atoms with van der Waals surface area (Å²) in [6.45, 7) is 13.3. The van der Waals surface area contributed by atoms with Crippen LogP contribution in [0.2, 0.25) is 0 Å². The van der Waals surface area contributed by atoms with E-state index in [1.165, 1.54) is 6.42 Å². The molecule has 3 aliphatic rings. The topological polar surface area (TPSA) is 18.5 Å². The highest BCUT2D eigenvalue weighted by atomic mass is 16.6. The Labute approximate surface area is 99.0 Å². The quantitative estimate of drug-likeness (QED) is 0.685. The van der Waals surface area contributed by atoms with Crippen LogP contribution in [0, 0.1) is 5.41 Å². The molecule has 2 aliphatic heterocycles. The van der Waals surface area contributed by atoms with Crippen LogP contribution in [0.3, 0.4) is 0 Å². The standard InChI is InChI=1S/C14H24O2/c1-6-9-15-11-10-13(4)7-8-14(11,5)16-12(13,2)3/h6,11H,1,7-10H2,2-5H3. The summed E-state index contributed by atoms with van der Waals surface area (Å²) < 4.78 is 12.2. The highest BCUT2D eigenvalue weighted by Gasteiger charge is 2.60. The van der Waals surface area contributed by atoms with Gasteiger partial charge in [0.2, 0.25) is 0 Å². The van der Waals surface area contributed by atoms with Crippen molar-refractivity contribution in [2.75, 3.05) is 6.61 Å². The van der Waals surface area contributed by atoms with Crippen LogP contribution in [-0.4, -0.2) is 23.9 Å². The van der Waals surface area contributed by atoms with Gasteiger partial charge in [0.05, 0.1) is 23.9 Å². The average Bonchev–Trinajstić information content (AvgIpc) is 2.17. The Morgan fingerprint density at radius 1 is 1.31 bits per heavy atom. The Morgan fingerprint density at radius 3 is 2.56 bits per heavy atom. The van der Waals surface area contributed by atoms with Crippen molar-refractivity contribution in [2.45, 2.75) is 64.3 Å². The highest BCUT2D eigenvalue weighted by Crippen LogP contribution is 2.57. The van der Waals surface area contributed by atoms with Crippen molar-refractivity contribution in [1.82, 2.24) is 0 Å². The Balaban J connectivity index is 2.20. The SMILES string of the molecule is C=CCOC1CC2(C)CCC1(C)OC2(C)C. The van der Waals surface area contributed by atoms with E-state index in [0.29, 0.717) is 6.61 Å². The molecule has 2 bridgehead atoms. The highest BCUT2D eigenvalue weighted by molar-refractivity contribution is 5.09. The van der Waals surface area contributed by atoms with E-state index in [-0.39, 0.29) is 22.7 Å². The first kappa shape index (κ1) is 12.1. The molecule has 0 aromatic heterocycles. The van der Waals surface area contributed by atoms with Crippen LogP contribution in [0.15, 0.2) is 12.7 Å². The second kappa shape index (κ2) is 3.58. The zero-order chi connectivity index (χ0) is 12.0. The molecule has 3 unspecified atom stereocenters. The summed E-state index contributed by atoms with van der Waals surface area (Å²) in [5.74, 6) is 0. The number of hydrogen-bond donors (Lipinski definition) is 0. The van der Waals surface area contributed by atoms with E-state index >= 15 is 0 Å². The predicted octanol–water partition coefficient (Wildman–Crippen LogP) is 3.32. The third kappa shape index (κ3) is 1.63. The fourth-order valence-electron chi connectivity index (χ4n) is 3.20. The van der Waals surface area contributed by atoms with E-state index in [0.717, 1.165) is 12.8 Å². The minimum absolute atomic E-state index is 0.0337. The van der Waals surface area contributed by atoms with Gasteiger partial charge >= 0.3 is 0 Å². The minimum Gasteiger partial charge on any atom is -0.371 e. The van der Waals surface area contributed by atoms with Crippen molar-refractivity contribution in [2.24, 2.45) is 5.41 Å². The van der Waals surface area contributed by atoms with Crippen LogP contribution in [0.25, 0.3) is 0 Å². The fourth-order valence-corrected chi connectivity index (χ4v) is 3.20. The van der Waals surface area contributed by atoms with Gasteiger partial charge in [0, 0.05) is 0 Å². The van der Waals surface area contributed by atoms with Crippen molar-refractivity contribution in [1.29, 1.82) is 0 Å². The molecule has 3 fully saturated rings. The molecule has 92 valence electrons. The molecule has 0 amide bonds. The van der Waals surface area contributed by atoms with E-state index in [2.05, 4.69) is 34.3 Å². The summed E-state index contributed by atoms with van der Waals surface area (Å²) in [5, 5.41) is 0. The molecule has 0 N–H and O–H groups in total. The lowest BCUT2D eigenvalue weighted by Crippen LogP contribution is -2.66. The van der Waals surface area contributed by atoms with Gasteiger partial charge in [-0.05, 0) is 45.4 Å². The Hall–Kier alpha value is -0.340. The summed E-state index contributed by atoms with van der Waals surface area (Å²) in [7, 11) is 0. The number of fused-ring (bicyclic) bond motifs is 3. The first-order valence-corrected chi connectivity index (χ1v) is 6.26. The van der Waals surface area contributed by atoms with Gasteiger partial charge in [-0.15, -0.1) is 6.58 Å². The molecule has 2 heterocycles. The Morgan fingerprint density at radius 2 is 2.00 bits per heavy atom. The Bertz CT molecular complexity index is 297. The molecule has 1 saturated carbocycles. The van der Waals surface area contributed by atoms with Gasteiger partial charge in [-0.25, -0.2) is 0 Å². The second-order valence-corrected chi connectivity index (χ2v) is 6.30. The van der Waals surface area contributed by atoms with E-state index < -0.39 is 0 Å². The van der Waals surface area contributed by atoms with Crippen LogP contribution < -0.4 is 0 Å². The monoisotopic (exact) mass is 224 g/mol. The van der Waals surface area contributed by atoms with E-state index in [1.54, 1.807) is 0 Å². The molecule has 2 heteroatoms. The molecule has 3 rings (SSSR count). The van der Waals surface area contributed by atoms with E-state index in [1.807, 2.05) is 6.08 Å². The summed E-state index contributed by atoms with van der Waals surface area (Å²) in [6, 6.07) is 0. The maximum absolute atomic E-state index is 6.31. The molecular weight excluding hydrogens is 200 g/mol. The smallest absolute Gasteiger partial charge is 0.0923 e. The van der Waals surface area contributed by atoms with Crippen molar-refractivity contribution >= 4 is 0 Å².